The van der Waals surface area contributed by atoms with Gasteiger partial charge in [0.1, 0.15) is 5.82 Å². The van der Waals surface area contributed by atoms with E-state index in [2.05, 4.69) is 16.6 Å². The van der Waals surface area contributed by atoms with Crippen LogP contribution in [0.1, 0.15) is 12.8 Å². The molecule has 1 aromatic carbocycles. The molecule has 0 atom stereocenters. The molecule has 0 spiro atoms. The Balaban J connectivity index is 2.35. The van der Waals surface area contributed by atoms with Crippen molar-refractivity contribution >= 4 is 11.7 Å². The number of hydrogen-bond donors (Lipinski definition) is 2. The lowest BCUT2D eigenvalue weighted by molar-refractivity contribution is 0.252. The van der Waals surface area contributed by atoms with Gasteiger partial charge in [-0.3, -0.25) is 0 Å². The normalized spacial score (nSPS) is 9.25. The maximum absolute atomic E-state index is 13.1. The molecule has 0 aliphatic rings. The third-order valence-electron chi connectivity index (χ3n) is 1.91. The summed E-state index contributed by atoms with van der Waals surface area (Å²) >= 11 is 0. The van der Waals surface area contributed by atoms with Crippen LogP contribution in [0.3, 0.4) is 0 Å². The Labute approximate surface area is 94.0 Å². The molecule has 4 heteroatoms. The zero-order chi connectivity index (χ0) is 11.8. The molecule has 0 heterocycles. The topological polar surface area (TPSA) is 41.1 Å². The van der Waals surface area contributed by atoms with E-state index in [0.717, 1.165) is 0 Å². The Bertz CT molecular complexity index is 398. The van der Waals surface area contributed by atoms with Crippen molar-refractivity contribution in [1.29, 1.82) is 0 Å². The second-order valence-corrected chi connectivity index (χ2v) is 3.17. The Morgan fingerprint density at radius 2 is 2.19 bits per heavy atom. The fourth-order valence-electron chi connectivity index (χ4n) is 1.12. The number of carbonyl (C=O) groups is 1. The molecule has 2 amide bonds. The number of nitrogens with one attached hydrogen (secondary N) is 2. The molecule has 84 valence electrons. The lowest BCUT2D eigenvalue weighted by Crippen LogP contribution is -2.29. The molecule has 0 saturated carbocycles. The second-order valence-electron chi connectivity index (χ2n) is 3.17. The van der Waals surface area contributed by atoms with E-state index >= 15 is 0 Å². The number of unbranched alkanes of at least 4 members (excludes halogenated alkanes) is 1. The van der Waals surface area contributed by atoms with Gasteiger partial charge in [0.15, 0.2) is 0 Å². The summed E-state index contributed by atoms with van der Waals surface area (Å²) in [7, 11) is 0. The van der Waals surface area contributed by atoms with Crippen LogP contribution in [-0.2, 0) is 0 Å². The molecular weight excluding hydrogens is 207 g/mol. The van der Waals surface area contributed by atoms with Crippen LogP contribution in [0.5, 0.6) is 0 Å². The quantitative estimate of drug-likeness (QED) is 0.593. The van der Waals surface area contributed by atoms with Crippen LogP contribution in [-0.4, -0.2) is 12.6 Å². The molecular formula is C12H13FN2O. The van der Waals surface area contributed by atoms with Crippen molar-refractivity contribution in [3.8, 4) is 12.3 Å². The van der Waals surface area contributed by atoms with Crippen molar-refractivity contribution in [2.45, 2.75) is 12.8 Å². The predicted octanol–water partition coefficient (Wildman–Crippen LogP) is 2.36. The van der Waals surface area contributed by atoms with E-state index in [9.17, 15) is 9.18 Å². The molecule has 0 aliphatic carbocycles. The highest BCUT2D eigenvalue weighted by Gasteiger charge is 2.04. The molecule has 1 rings (SSSR count). The SMILES string of the molecule is C#CCCCNC(=O)Nc1ccccc1F. The van der Waals surface area contributed by atoms with Gasteiger partial charge in [-0.25, -0.2) is 9.18 Å². The third kappa shape index (κ3) is 4.01. The van der Waals surface area contributed by atoms with Gasteiger partial charge in [0, 0.05) is 13.0 Å². The highest BCUT2D eigenvalue weighted by Crippen LogP contribution is 2.11. The first-order valence-corrected chi connectivity index (χ1v) is 4.97. The van der Waals surface area contributed by atoms with E-state index in [-0.39, 0.29) is 5.69 Å². The average Bonchev–Trinajstić information content (AvgIpc) is 2.28. The minimum atomic E-state index is -0.457. The summed E-state index contributed by atoms with van der Waals surface area (Å²) in [5.41, 5.74) is 0.164. The van der Waals surface area contributed by atoms with E-state index in [0.29, 0.717) is 19.4 Å². The molecule has 0 unspecified atom stereocenters. The Kier molecular flexibility index (Phi) is 4.87. The van der Waals surface area contributed by atoms with Crippen molar-refractivity contribution in [1.82, 2.24) is 5.32 Å². The first-order chi connectivity index (χ1) is 7.74. The fourth-order valence-corrected chi connectivity index (χ4v) is 1.12. The number of rotatable bonds is 4. The molecule has 3 nitrogen and oxygen atoms in total. The van der Waals surface area contributed by atoms with E-state index in [1.807, 2.05) is 0 Å². The summed E-state index contributed by atoms with van der Waals surface area (Å²) in [4.78, 5) is 11.3. The van der Waals surface area contributed by atoms with Crippen LogP contribution in [0, 0.1) is 18.2 Å². The number of para-hydroxylation sites is 1. The van der Waals surface area contributed by atoms with Gasteiger partial charge in [0.2, 0.25) is 0 Å². The number of amides is 2. The number of benzene rings is 1. The molecule has 0 aliphatic heterocycles. The molecule has 0 radical (unpaired) electrons. The monoisotopic (exact) mass is 220 g/mol. The first kappa shape index (κ1) is 12.1. The summed E-state index contributed by atoms with van der Waals surface area (Å²) in [5.74, 6) is 2.01. The van der Waals surface area contributed by atoms with Crippen LogP contribution in [0.4, 0.5) is 14.9 Å². The maximum atomic E-state index is 13.1. The summed E-state index contributed by atoms with van der Waals surface area (Å²) in [6, 6.07) is 5.56. The van der Waals surface area contributed by atoms with Crippen LogP contribution in [0.2, 0.25) is 0 Å². The van der Waals surface area contributed by atoms with Gasteiger partial charge in [-0.2, -0.15) is 0 Å². The van der Waals surface area contributed by atoms with Gasteiger partial charge in [0.25, 0.3) is 0 Å². The van der Waals surface area contributed by atoms with Gasteiger partial charge in [-0.05, 0) is 18.6 Å². The smallest absolute Gasteiger partial charge is 0.319 e. The number of urea groups is 1. The Morgan fingerprint density at radius 1 is 1.44 bits per heavy atom. The van der Waals surface area contributed by atoms with Gasteiger partial charge in [0.05, 0.1) is 5.69 Å². The van der Waals surface area contributed by atoms with Crippen molar-refractivity contribution in [3.05, 3.63) is 30.1 Å². The number of terminal acetylenes is 1. The zero-order valence-electron chi connectivity index (χ0n) is 8.79. The van der Waals surface area contributed by atoms with E-state index in [4.69, 9.17) is 6.42 Å². The average molecular weight is 220 g/mol. The minimum absolute atomic E-state index is 0.164. The lowest BCUT2D eigenvalue weighted by atomic mass is 10.3. The number of anilines is 1. The van der Waals surface area contributed by atoms with Crippen molar-refractivity contribution in [3.63, 3.8) is 0 Å². The van der Waals surface area contributed by atoms with Crippen molar-refractivity contribution in [2.75, 3.05) is 11.9 Å². The van der Waals surface area contributed by atoms with Crippen LogP contribution < -0.4 is 10.6 Å². The highest BCUT2D eigenvalue weighted by atomic mass is 19.1. The maximum Gasteiger partial charge on any atom is 0.319 e. The summed E-state index contributed by atoms with van der Waals surface area (Å²) in [6.07, 6.45) is 6.38. The first-order valence-electron chi connectivity index (χ1n) is 4.97. The summed E-state index contributed by atoms with van der Waals surface area (Å²) < 4.78 is 13.1. The molecule has 0 bridgehead atoms. The van der Waals surface area contributed by atoms with E-state index < -0.39 is 11.8 Å². The van der Waals surface area contributed by atoms with E-state index in [1.165, 1.54) is 12.1 Å². The minimum Gasteiger partial charge on any atom is -0.338 e. The molecule has 0 fully saturated rings. The second kappa shape index (κ2) is 6.46. The summed E-state index contributed by atoms with van der Waals surface area (Å²) in [5, 5.41) is 4.99. The number of hydrogen-bond acceptors (Lipinski definition) is 1. The Hall–Kier alpha value is -2.02. The third-order valence-corrected chi connectivity index (χ3v) is 1.91. The highest BCUT2D eigenvalue weighted by molar-refractivity contribution is 5.89. The molecule has 1 aromatic rings. The zero-order valence-corrected chi connectivity index (χ0v) is 8.79. The Morgan fingerprint density at radius 3 is 2.88 bits per heavy atom. The van der Waals surface area contributed by atoms with Crippen molar-refractivity contribution in [2.24, 2.45) is 0 Å². The summed E-state index contributed by atoms with van der Waals surface area (Å²) in [6.45, 7) is 0.477. The van der Waals surface area contributed by atoms with Crippen LogP contribution >= 0.6 is 0 Å². The lowest BCUT2D eigenvalue weighted by Gasteiger charge is -2.07. The largest absolute Gasteiger partial charge is 0.338 e. The predicted molar refractivity (Wildman–Crippen MR) is 61.5 cm³/mol. The standard InChI is InChI=1S/C12H13FN2O/c1-2-3-6-9-14-12(16)15-11-8-5-4-7-10(11)13/h1,4-5,7-8H,3,6,9H2,(H2,14,15,16). The molecule has 0 saturated heterocycles. The van der Waals surface area contributed by atoms with E-state index in [1.54, 1.807) is 12.1 Å². The van der Waals surface area contributed by atoms with Gasteiger partial charge in [-0.15, -0.1) is 12.3 Å². The van der Waals surface area contributed by atoms with Gasteiger partial charge < -0.3 is 10.6 Å². The van der Waals surface area contributed by atoms with Crippen LogP contribution in [0.15, 0.2) is 24.3 Å². The van der Waals surface area contributed by atoms with Crippen LogP contribution in [0.25, 0.3) is 0 Å². The fraction of sp³-hybridized carbons (Fsp3) is 0.250. The number of halogens is 1. The molecule has 16 heavy (non-hydrogen) atoms. The number of carbonyl (C=O) groups excluding carboxylic acids is 1. The van der Waals surface area contributed by atoms with Crippen molar-refractivity contribution < 1.29 is 9.18 Å². The van der Waals surface area contributed by atoms with Gasteiger partial charge >= 0.3 is 6.03 Å². The molecule has 2 N–H and O–H groups in total. The van der Waals surface area contributed by atoms with Gasteiger partial charge in [-0.1, -0.05) is 12.1 Å². The molecule has 0 aromatic heterocycles.